The van der Waals surface area contributed by atoms with Crippen LogP contribution in [0, 0.1) is 5.82 Å². The van der Waals surface area contributed by atoms with Crippen molar-refractivity contribution < 1.29 is 17.5 Å². The van der Waals surface area contributed by atoms with Crippen LogP contribution in [0.5, 0.6) is 0 Å². The minimum absolute atomic E-state index is 0.159. The van der Waals surface area contributed by atoms with Crippen molar-refractivity contribution in [2.75, 3.05) is 45.9 Å². The fourth-order valence-corrected chi connectivity index (χ4v) is 4.22. The molecule has 0 amide bonds. The van der Waals surface area contributed by atoms with Crippen LogP contribution >= 0.6 is 0 Å². The molecule has 5 nitrogen and oxygen atoms in total. The quantitative estimate of drug-likeness (QED) is 0.850. The Balaban J connectivity index is 1.66. The fourth-order valence-electron chi connectivity index (χ4n) is 2.73. The average molecular weight is 328 g/mol. The van der Waals surface area contributed by atoms with Gasteiger partial charge in [-0.25, -0.2) is 12.8 Å². The summed E-state index contributed by atoms with van der Waals surface area (Å²) in [6.07, 6.45) is 0.726. The monoisotopic (exact) mass is 328 g/mol. The molecule has 1 aromatic carbocycles. The Hall–Kier alpha value is -1.02. The van der Waals surface area contributed by atoms with Crippen LogP contribution in [0.15, 0.2) is 23.1 Å². The van der Waals surface area contributed by atoms with E-state index in [4.69, 9.17) is 4.74 Å². The zero-order valence-electron chi connectivity index (χ0n) is 12.4. The molecule has 2 aliphatic heterocycles. The molecule has 122 valence electrons. The van der Waals surface area contributed by atoms with E-state index in [2.05, 4.69) is 10.2 Å². The van der Waals surface area contributed by atoms with Crippen LogP contribution in [0.25, 0.3) is 0 Å². The summed E-state index contributed by atoms with van der Waals surface area (Å²) >= 11 is 0. The largest absolute Gasteiger partial charge is 0.379 e. The van der Waals surface area contributed by atoms with Crippen LogP contribution in [0.3, 0.4) is 0 Å². The van der Waals surface area contributed by atoms with Crippen molar-refractivity contribution in [2.24, 2.45) is 0 Å². The van der Waals surface area contributed by atoms with Crippen molar-refractivity contribution in [1.29, 1.82) is 0 Å². The van der Waals surface area contributed by atoms with Crippen LogP contribution < -0.4 is 5.32 Å². The first kappa shape index (κ1) is 15.9. The maximum absolute atomic E-state index is 14.2. The highest BCUT2D eigenvalue weighted by atomic mass is 32.2. The number of sulfone groups is 1. The summed E-state index contributed by atoms with van der Waals surface area (Å²) < 4.78 is 43.5. The summed E-state index contributed by atoms with van der Waals surface area (Å²) in [6, 6.07) is 4.47. The van der Waals surface area contributed by atoms with E-state index < -0.39 is 20.9 Å². The number of hydrogen-bond acceptors (Lipinski definition) is 5. The lowest BCUT2D eigenvalue weighted by molar-refractivity contribution is 0.0415. The third-order valence-corrected chi connectivity index (χ3v) is 6.37. The van der Waals surface area contributed by atoms with Gasteiger partial charge < -0.3 is 15.0 Å². The molecular formula is C15H21FN2O3S. The highest BCUT2D eigenvalue weighted by Gasteiger charge is 2.35. The normalized spacial score (nSPS) is 20.8. The van der Waals surface area contributed by atoms with E-state index in [0.29, 0.717) is 0 Å². The van der Waals surface area contributed by atoms with Gasteiger partial charge in [0.2, 0.25) is 0 Å². The molecule has 2 saturated heterocycles. The number of rotatable bonds is 5. The standard InChI is InChI=1S/C15H21FN2O3S/c16-14-9-12(3-6-18-7-4-17-5-8-18)1-2-15(14)22(19,20)13-10-21-11-13/h1-2,9,13,17H,3-8,10-11H2. The summed E-state index contributed by atoms with van der Waals surface area (Å²) in [7, 11) is -3.60. The Morgan fingerprint density at radius 2 is 2.00 bits per heavy atom. The van der Waals surface area contributed by atoms with E-state index >= 15 is 0 Å². The van der Waals surface area contributed by atoms with E-state index in [9.17, 15) is 12.8 Å². The lowest BCUT2D eigenvalue weighted by Crippen LogP contribution is -2.44. The zero-order valence-corrected chi connectivity index (χ0v) is 13.2. The van der Waals surface area contributed by atoms with Gasteiger partial charge in [0.1, 0.15) is 16.0 Å². The summed E-state index contributed by atoms with van der Waals surface area (Å²) in [5.41, 5.74) is 0.833. The predicted octanol–water partition coefficient (Wildman–Crippen LogP) is 0.446. The Kier molecular flexibility index (Phi) is 4.77. The van der Waals surface area contributed by atoms with Gasteiger partial charge in [-0.3, -0.25) is 0 Å². The van der Waals surface area contributed by atoms with Crippen LogP contribution in [-0.2, 0) is 21.0 Å². The van der Waals surface area contributed by atoms with Crippen molar-refractivity contribution in [3.05, 3.63) is 29.6 Å². The smallest absolute Gasteiger partial charge is 0.188 e. The van der Waals surface area contributed by atoms with Gasteiger partial charge in [-0.15, -0.1) is 0 Å². The van der Waals surface area contributed by atoms with Crippen LogP contribution in [0.1, 0.15) is 5.56 Å². The molecule has 0 spiro atoms. The zero-order chi connectivity index (χ0) is 15.6. The van der Waals surface area contributed by atoms with Gasteiger partial charge in [0, 0.05) is 32.7 Å². The SMILES string of the molecule is O=S(=O)(c1ccc(CCN2CCNCC2)cc1F)C1COC1. The highest BCUT2D eigenvalue weighted by molar-refractivity contribution is 7.92. The van der Waals surface area contributed by atoms with E-state index in [1.807, 2.05) is 0 Å². The predicted molar refractivity (Wildman–Crippen MR) is 81.2 cm³/mol. The van der Waals surface area contributed by atoms with Crippen LogP contribution in [-0.4, -0.2) is 64.5 Å². The minimum Gasteiger partial charge on any atom is -0.379 e. The summed E-state index contributed by atoms with van der Waals surface area (Å²) in [5.74, 6) is -0.648. The Bertz CT molecular complexity index is 626. The number of benzene rings is 1. The van der Waals surface area contributed by atoms with E-state index in [0.717, 1.165) is 44.7 Å². The molecule has 1 aromatic rings. The molecule has 0 unspecified atom stereocenters. The lowest BCUT2D eigenvalue weighted by atomic mass is 10.1. The van der Waals surface area contributed by atoms with Gasteiger partial charge in [0.05, 0.1) is 13.2 Å². The first-order valence-electron chi connectivity index (χ1n) is 7.60. The molecule has 0 aromatic heterocycles. The highest BCUT2D eigenvalue weighted by Crippen LogP contribution is 2.24. The summed E-state index contributed by atoms with van der Waals surface area (Å²) in [4.78, 5) is 2.12. The van der Waals surface area contributed by atoms with Gasteiger partial charge in [-0.2, -0.15) is 0 Å². The average Bonchev–Trinajstić information content (AvgIpc) is 2.43. The van der Waals surface area contributed by atoms with Gasteiger partial charge in [0.15, 0.2) is 9.84 Å². The maximum Gasteiger partial charge on any atom is 0.188 e. The Labute approximate surface area is 130 Å². The van der Waals surface area contributed by atoms with Gasteiger partial charge in [-0.05, 0) is 24.1 Å². The lowest BCUT2D eigenvalue weighted by Gasteiger charge is -2.27. The minimum atomic E-state index is -3.60. The van der Waals surface area contributed by atoms with Gasteiger partial charge in [-0.1, -0.05) is 6.07 Å². The molecular weight excluding hydrogens is 307 g/mol. The number of piperazine rings is 1. The first-order chi connectivity index (χ1) is 10.6. The van der Waals surface area contributed by atoms with E-state index in [1.165, 1.54) is 12.1 Å². The number of nitrogens with zero attached hydrogens (tertiary/aromatic N) is 1. The van der Waals surface area contributed by atoms with Crippen molar-refractivity contribution in [2.45, 2.75) is 16.6 Å². The van der Waals surface area contributed by atoms with Crippen LogP contribution in [0.4, 0.5) is 4.39 Å². The topological polar surface area (TPSA) is 58.6 Å². The number of nitrogens with one attached hydrogen (secondary N) is 1. The third kappa shape index (κ3) is 3.32. The van der Waals surface area contributed by atoms with Crippen molar-refractivity contribution in [3.8, 4) is 0 Å². The number of hydrogen-bond donors (Lipinski definition) is 1. The summed E-state index contributed by atoms with van der Waals surface area (Å²) in [5, 5.41) is 2.69. The molecule has 3 rings (SSSR count). The second kappa shape index (κ2) is 6.62. The van der Waals surface area contributed by atoms with Crippen LogP contribution in [0.2, 0.25) is 0 Å². The number of ether oxygens (including phenoxy) is 1. The Morgan fingerprint density at radius 3 is 2.59 bits per heavy atom. The third-order valence-electron chi connectivity index (χ3n) is 4.28. The molecule has 0 atom stereocenters. The second-order valence-corrected chi connectivity index (χ2v) is 8.01. The molecule has 0 radical (unpaired) electrons. The van der Waals surface area contributed by atoms with Crippen molar-refractivity contribution >= 4 is 9.84 Å². The van der Waals surface area contributed by atoms with Gasteiger partial charge >= 0.3 is 0 Å². The molecule has 2 fully saturated rings. The van der Waals surface area contributed by atoms with Crippen molar-refractivity contribution in [3.63, 3.8) is 0 Å². The number of halogens is 1. The summed E-state index contributed by atoms with van der Waals surface area (Å²) in [6.45, 7) is 5.14. The van der Waals surface area contributed by atoms with Crippen molar-refractivity contribution in [1.82, 2.24) is 10.2 Å². The fraction of sp³-hybridized carbons (Fsp3) is 0.600. The van der Waals surface area contributed by atoms with E-state index in [-0.39, 0.29) is 18.1 Å². The molecule has 0 aliphatic carbocycles. The molecule has 2 heterocycles. The first-order valence-corrected chi connectivity index (χ1v) is 9.15. The molecule has 2 aliphatic rings. The molecule has 22 heavy (non-hydrogen) atoms. The van der Waals surface area contributed by atoms with Gasteiger partial charge in [0.25, 0.3) is 0 Å². The maximum atomic E-state index is 14.2. The Morgan fingerprint density at radius 1 is 1.27 bits per heavy atom. The molecule has 0 saturated carbocycles. The molecule has 0 bridgehead atoms. The second-order valence-electron chi connectivity index (χ2n) is 5.81. The van der Waals surface area contributed by atoms with E-state index in [1.54, 1.807) is 6.07 Å². The molecule has 7 heteroatoms. The molecule has 1 N–H and O–H groups in total.